The molecule has 4 rings (SSSR count). The van der Waals surface area contributed by atoms with Crippen molar-refractivity contribution in [3.63, 3.8) is 0 Å². The van der Waals surface area contributed by atoms with Gasteiger partial charge in [0.2, 0.25) is 0 Å². The average Bonchev–Trinajstić information content (AvgIpc) is 3.06. The van der Waals surface area contributed by atoms with Crippen molar-refractivity contribution in [2.45, 2.75) is 43.9 Å². The van der Waals surface area contributed by atoms with Crippen LogP contribution in [0.4, 0.5) is 4.79 Å². The summed E-state index contributed by atoms with van der Waals surface area (Å²) >= 11 is 0. The maximum Gasteiger partial charge on any atom is 0.315 e. The lowest BCUT2D eigenvalue weighted by atomic mass is 9.78. The number of benzene rings is 2. The second-order valence-corrected chi connectivity index (χ2v) is 6.99. The summed E-state index contributed by atoms with van der Waals surface area (Å²) in [5, 5.41) is 6.04. The summed E-state index contributed by atoms with van der Waals surface area (Å²) in [5.41, 5.74) is 2.25. The molecule has 2 aliphatic rings. The molecule has 0 aromatic heterocycles. The molecule has 2 fully saturated rings. The lowest BCUT2D eigenvalue weighted by Crippen LogP contribution is -2.39. The zero-order chi connectivity index (χ0) is 17.9. The van der Waals surface area contributed by atoms with E-state index in [0.29, 0.717) is 12.5 Å². The van der Waals surface area contributed by atoms with Crippen LogP contribution < -0.4 is 20.1 Å². The summed E-state index contributed by atoms with van der Waals surface area (Å²) in [6.45, 7) is 0.526. The van der Waals surface area contributed by atoms with Crippen molar-refractivity contribution in [2.24, 2.45) is 0 Å². The molecule has 0 bridgehead atoms. The van der Waals surface area contributed by atoms with E-state index in [-0.39, 0.29) is 18.1 Å². The second-order valence-electron chi connectivity index (χ2n) is 6.99. The molecule has 1 saturated carbocycles. The van der Waals surface area contributed by atoms with E-state index in [1.807, 2.05) is 36.4 Å². The molecule has 0 radical (unpaired) electrons. The summed E-state index contributed by atoms with van der Waals surface area (Å²) < 4.78 is 11.8. The summed E-state index contributed by atoms with van der Waals surface area (Å²) in [6.07, 6.45) is 2.86. The Morgan fingerprint density at radius 1 is 0.962 bits per heavy atom. The van der Waals surface area contributed by atoms with Crippen LogP contribution in [0.5, 0.6) is 11.5 Å². The molecule has 3 unspecified atom stereocenters. The number of methoxy groups -OCH3 is 1. The number of rotatable bonds is 5. The predicted molar refractivity (Wildman–Crippen MR) is 99.6 cm³/mol. The highest BCUT2D eigenvalue weighted by Crippen LogP contribution is 2.43. The second kappa shape index (κ2) is 7.28. The van der Waals surface area contributed by atoms with Gasteiger partial charge in [0.15, 0.2) is 0 Å². The van der Waals surface area contributed by atoms with Gasteiger partial charge in [0, 0.05) is 5.56 Å². The highest BCUT2D eigenvalue weighted by atomic mass is 16.5. The van der Waals surface area contributed by atoms with Crippen LogP contribution in [0.3, 0.4) is 0 Å². The minimum Gasteiger partial charge on any atom is -0.496 e. The Morgan fingerprint density at radius 2 is 1.73 bits per heavy atom. The van der Waals surface area contributed by atoms with Crippen LogP contribution in [0.25, 0.3) is 0 Å². The van der Waals surface area contributed by atoms with Crippen molar-refractivity contribution in [3.8, 4) is 11.5 Å². The molecule has 1 aliphatic carbocycles. The normalized spacial score (nSPS) is 24.3. The van der Waals surface area contributed by atoms with Crippen molar-refractivity contribution in [1.82, 2.24) is 10.6 Å². The van der Waals surface area contributed by atoms with Gasteiger partial charge in [0.25, 0.3) is 0 Å². The quantitative estimate of drug-likeness (QED) is 0.864. The topological polar surface area (TPSA) is 59.6 Å². The predicted octanol–water partition coefficient (Wildman–Crippen LogP) is 3.59. The number of ether oxygens (including phenoxy) is 2. The molecule has 1 saturated heterocycles. The first-order valence-electron chi connectivity index (χ1n) is 9.15. The number of carbonyl (C=O) groups is 1. The number of urea groups is 1. The van der Waals surface area contributed by atoms with Crippen molar-refractivity contribution in [1.29, 1.82) is 0 Å². The minimum absolute atomic E-state index is 0.0544. The van der Waals surface area contributed by atoms with Gasteiger partial charge in [-0.1, -0.05) is 36.4 Å². The molecule has 1 aliphatic heterocycles. The van der Waals surface area contributed by atoms with Gasteiger partial charge in [0.1, 0.15) is 18.1 Å². The molecule has 2 aromatic carbocycles. The van der Waals surface area contributed by atoms with Gasteiger partial charge < -0.3 is 20.1 Å². The van der Waals surface area contributed by atoms with E-state index in [1.165, 1.54) is 0 Å². The zero-order valence-electron chi connectivity index (χ0n) is 14.9. The Hall–Kier alpha value is -2.69. The van der Waals surface area contributed by atoms with Crippen LogP contribution in [0, 0.1) is 0 Å². The fraction of sp³-hybridized carbons (Fsp3) is 0.381. The lowest BCUT2D eigenvalue weighted by molar-refractivity contribution is 0.247. The third-order valence-electron chi connectivity index (χ3n) is 5.37. The fourth-order valence-electron chi connectivity index (χ4n) is 4.11. The van der Waals surface area contributed by atoms with Crippen molar-refractivity contribution < 1.29 is 14.3 Å². The molecule has 2 N–H and O–H groups in total. The molecule has 5 nitrogen and oxygen atoms in total. The van der Waals surface area contributed by atoms with Crippen molar-refractivity contribution in [3.05, 3.63) is 59.7 Å². The SMILES string of the molecule is COc1cccc(OCc2ccccc2)c1C1CCC2NC(=O)NC2C1. The highest BCUT2D eigenvalue weighted by molar-refractivity contribution is 5.77. The molecule has 26 heavy (non-hydrogen) atoms. The van der Waals surface area contributed by atoms with Gasteiger partial charge >= 0.3 is 6.03 Å². The first-order chi connectivity index (χ1) is 12.7. The van der Waals surface area contributed by atoms with Gasteiger partial charge in [-0.25, -0.2) is 4.79 Å². The van der Waals surface area contributed by atoms with Crippen LogP contribution in [0.1, 0.15) is 36.3 Å². The number of hydrogen-bond donors (Lipinski definition) is 2. The van der Waals surface area contributed by atoms with Gasteiger partial charge in [-0.15, -0.1) is 0 Å². The lowest BCUT2D eigenvalue weighted by Gasteiger charge is -2.32. The van der Waals surface area contributed by atoms with Crippen LogP contribution in [0.15, 0.2) is 48.5 Å². The maximum atomic E-state index is 11.6. The Kier molecular flexibility index (Phi) is 4.69. The van der Waals surface area contributed by atoms with E-state index in [0.717, 1.165) is 41.9 Å². The third-order valence-corrected chi connectivity index (χ3v) is 5.37. The molecular weight excluding hydrogens is 328 g/mol. The molecule has 2 amide bonds. The van der Waals surface area contributed by atoms with Crippen LogP contribution in [0.2, 0.25) is 0 Å². The number of fused-ring (bicyclic) bond motifs is 1. The van der Waals surface area contributed by atoms with Crippen molar-refractivity contribution in [2.75, 3.05) is 7.11 Å². The van der Waals surface area contributed by atoms with E-state index in [1.54, 1.807) is 7.11 Å². The summed E-state index contributed by atoms with van der Waals surface area (Å²) in [4.78, 5) is 11.6. The van der Waals surface area contributed by atoms with Gasteiger partial charge in [-0.3, -0.25) is 0 Å². The van der Waals surface area contributed by atoms with Crippen LogP contribution in [-0.2, 0) is 6.61 Å². The van der Waals surface area contributed by atoms with Crippen LogP contribution >= 0.6 is 0 Å². The summed E-state index contributed by atoms with van der Waals surface area (Å²) in [7, 11) is 1.70. The first kappa shape index (κ1) is 16.8. The van der Waals surface area contributed by atoms with E-state index >= 15 is 0 Å². The van der Waals surface area contributed by atoms with E-state index in [9.17, 15) is 4.79 Å². The number of hydrogen-bond acceptors (Lipinski definition) is 3. The monoisotopic (exact) mass is 352 g/mol. The molecule has 1 heterocycles. The number of nitrogens with one attached hydrogen (secondary N) is 2. The molecule has 0 spiro atoms. The Morgan fingerprint density at radius 3 is 2.54 bits per heavy atom. The largest absolute Gasteiger partial charge is 0.496 e. The molecule has 5 heteroatoms. The zero-order valence-corrected chi connectivity index (χ0v) is 14.9. The standard InChI is InChI=1S/C21H24N2O3/c1-25-18-8-5-9-19(26-13-14-6-3-2-4-7-14)20(18)15-10-11-16-17(12-15)23-21(24)22-16/h2-9,15-17H,10-13H2,1H3,(H2,22,23,24). The highest BCUT2D eigenvalue weighted by Gasteiger charge is 2.39. The number of amides is 2. The van der Waals surface area contributed by atoms with Crippen molar-refractivity contribution >= 4 is 6.03 Å². The van der Waals surface area contributed by atoms with Gasteiger partial charge in [-0.05, 0) is 42.9 Å². The average molecular weight is 352 g/mol. The molecular formula is C21H24N2O3. The molecule has 3 atom stereocenters. The van der Waals surface area contributed by atoms with Gasteiger partial charge in [-0.2, -0.15) is 0 Å². The minimum atomic E-state index is -0.0544. The Balaban J connectivity index is 1.57. The van der Waals surface area contributed by atoms with E-state index in [4.69, 9.17) is 9.47 Å². The Bertz CT molecular complexity index is 778. The Labute approximate surface area is 153 Å². The third kappa shape index (κ3) is 3.34. The van der Waals surface area contributed by atoms with Crippen LogP contribution in [-0.4, -0.2) is 25.2 Å². The van der Waals surface area contributed by atoms with Gasteiger partial charge in [0.05, 0.1) is 19.2 Å². The summed E-state index contributed by atoms with van der Waals surface area (Å²) in [5.74, 6) is 2.03. The smallest absolute Gasteiger partial charge is 0.315 e. The first-order valence-corrected chi connectivity index (χ1v) is 9.15. The van der Waals surface area contributed by atoms with E-state index < -0.39 is 0 Å². The van der Waals surface area contributed by atoms with E-state index in [2.05, 4.69) is 22.8 Å². The molecule has 2 aromatic rings. The summed E-state index contributed by atoms with van der Waals surface area (Å²) in [6, 6.07) is 16.5. The number of carbonyl (C=O) groups excluding carboxylic acids is 1. The maximum absolute atomic E-state index is 11.6. The molecule has 136 valence electrons. The fourth-order valence-corrected chi connectivity index (χ4v) is 4.11.